The Morgan fingerprint density at radius 2 is 1.79 bits per heavy atom. The third-order valence-electron chi connectivity index (χ3n) is 4.63. The fourth-order valence-corrected chi connectivity index (χ4v) is 4.29. The maximum atomic E-state index is 13.2. The first-order valence-electron chi connectivity index (χ1n) is 8.98. The van der Waals surface area contributed by atoms with Crippen LogP contribution in [0.1, 0.15) is 5.56 Å². The molecule has 0 saturated heterocycles. The van der Waals surface area contributed by atoms with Crippen LogP contribution in [0.5, 0.6) is 11.5 Å². The number of thioether (sulfide) groups is 1. The highest BCUT2D eigenvalue weighted by atomic mass is 35.5. The molecule has 0 spiro atoms. The predicted octanol–water partition coefficient (Wildman–Crippen LogP) is 5.06. The summed E-state index contributed by atoms with van der Waals surface area (Å²) in [5.41, 5.74) is 2.36. The third-order valence-corrected chi connectivity index (χ3v) is 5.90. The quantitative estimate of drug-likeness (QED) is 0.340. The number of rotatable bonds is 4. The lowest BCUT2D eigenvalue weighted by Gasteiger charge is -2.13. The third kappa shape index (κ3) is 3.45. The maximum Gasteiger partial charge on any atom is 0.266 e. The van der Waals surface area contributed by atoms with Gasteiger partial charge in [-0.15, -0.1) is 0 Å². The maximum absolute atomic E-state index is 13.2. The van der Waals surface area contributed by atoms with E-state index in [1.807, 2.05) is 48.5 Å². The minimum Gasteiger partial charge on any atom is -0.454 e. The molecule has 2 heterocycles. The van der Waals surface area contributed by atoms with Gasteiger partial charge in [-0.2, -0.15) is 0 Å². The Morgan fingerprint density at radius 3 is 2.66 bits per heavy atom. The summed E-state index contributed by atoms with van der Waals surface area (Å²) in [6.45, 7) is 0.244. The highest BCUT2D eigenvalue weighted by Gasteiger charge is 2.16. The number of hydrogen-bond acceptors (Lipinski definition) is 5. The number of hydrogen-bond donors (Lipinski definition) is 0. The Kier molecular flexibility index (Phi) is 4.66. The van der Waals surface area contributed by atoms with Crippen LogP contribution < -0.4 is 15.0 Å². The van der Waals surface area contributed by atoms with Crippen LogP contribution in [-0.4, -0.2) is 16.3 Å². The molecule has 0 N–H and O–H groups in total. The van der Waals surface area contributed by atoms with Crippen molar-refractivity contribution in [2.24, 2.45) is 0 Å². The van der Waals surface area contributed by atoms with Crippen molar-refractivity contribution in [3.8, 4) is 17.2 Å². The molecule has 0 saturated carbocycles. The molecule has 1 aliphatic rings. The second-order valence-corrected chi connectivity index (χ2v) is 7.88. The molecule has 0 radical (unpaired) electrons. The van der Waals surface area contributed by atoms with Crippen LogP contribution in [0, 0.1) is 0 Å². The molecule has 144 valence electrons. The molecule has 0 fully saturated rings. The topological polar surface area (TPSA) is 53.4 Å². The highest BCUT2D eigenvalue weighted by molar-refractivity contribution is 7.98. The summed E-state index contributed by atoms with van der Waals surface area (Å²) in [6, 6.07) is 20.4. The van der Waals surface area contributed by atoms with Gasteiger partial charge in [0, 0.05) is 10.8 Å². The van der Waals surface area contributed by atoms with Crippen LogP contribution >= 0.6 is 23.4 Å². The number of fused-ring (bicyclic) bond motifs is 2. The van der Waals surface area contributed by atoms with Crippen LogP contribution in [0.25, 0.3) is 16.6 Å². The van der Waals surface area contributed by atoms with E-state index >= 15 is 0 Å². The van der Waals surface area contributed by atoms with Crippen molar-refractivity contribution < 1.29 is 9.47 Å². The fourth-order valence-electron chi connectivity index (χ4n) is 3.21. The van der Waals surface area contributed by atoms with E-state index < -0.39 is 0 Å². The van der Waals surface area contributed by atoms with Crippen LogP contribution in [0.2, 0.25) is 5.02 Å². The summed E-state index contributed by atoms with van der Waals surface area (Å²) in [5, 5.41) is 1.81. The number of aromatic nitrogens is 2. The Morgan fingerprint density at radius 1 is 1.00 bits per heavy atom. The average Bonchev–Trinajstić information content (AvgIpc) is 3.21. The number of ether oxygens (including phenoxy) is 2. The molecule has 7 heteroatoms. The minimum atomic E-state index is -0.105. The molecule has 29 heavy (non-hydrogen) atoms. The normalized spacial score (nSPS) is 12.4. The highest BCUT2D eigenvalue weighted by Crippen LogP contribution is 2.34. The van der Waals surface area contributed by atoms with E-state index in [0.29, 0.717) is 26.8 Å². The smallest absolute Gasteiger partial charge is 0.266 e. The zero-order chi connectivity index (χ0) is 19.8. The molecule has 0 unspecified atom stereocenters. The van der Waals surface area contributed by atoms with Gasteiger partial charge >= 0.3 is 0 Å². The lowest BCUT2D eigenvalue weighted by Crippen LogP contribution is -2.21. The van der Waals surface area contributed by atoms with Gasteiger partial charge in [0.25, 0.3) is 5.56 Å². The van der Waals surface area contributed by atoms with E-state index in [-0.39, 0.29) is 12.4 Å². The van der Waals surface area contributed by atoms with E-state index in [9.17, 15) is 4.79 Å². The Balaban J connectivity index is 1.57. The minimum absolute atomic E-state index is 0.105. The van der Waals surface area contributed by atoms with E-state index in [0.717, 1.165) is 22.7 Å². The first kappa shape index (κ1) is 18.1. The van der Waals surface area contributed by atoms with Crippen molar-refractivity contribution in [1.82, 2.24) is 9.55 Å². The van der Waals surface area contributed by atoms with E-state index in [1.54, 1.807) is 22.8 Å². The molecule has 0 aliphatic carbocycles. The number of para-hydroxylation sites is 1. The summed E-state index contributed by atoms with van der Waals surface area (Å²) >= 11 is 7.53. The van der Waals surface area contributed by atoms with Crippen LogP contribution in [0.3, 0.4) is 0 Å². The molecule has 4 aromatic rings. The lowest BCUT2D eigenvalue weighted by atomic mass is 10.2. The van der Waals surface area contributed by atoms with E-state index in [1.165, 1.54) is 11.8 Å². The molecule has 3 aromatic carbocycles. The van der Waals surface area contributed by atoms with Gasteiger partial charge in [0.15, 0.2) is 16.7 Å². The zero-order valence-corrected chi connectivity index (χ0v) is 16.7. The number of benzene rings is 3. The monoisotopic (exact) mass is 422 g/mol. The molecule has 1 aliphatic heterocycles. The predicted molar refractivity (Wildman–Crippen MR) is 114 cm³/mol. The van der Waals surface area contributed by atoms with E-state index in [2.05, 4.69) is 0 Å². The molecule has 1 aromatic heterocycles. The van der Waals surface area contributed by atoms with Crippen molar-refractivity contribution >= 4 is 34.3 Å². The second-order valence-electron chi connectivity index (χ2n) is 6.50. The average molecular weight is 423 g/mol. The standard InChI is InChI=1S/C22H15ClN2O3S/c23-15-6-8-16(9-7-15)25-21(26)17-3-1-2-4-18(17)24-22(25)29-12-14-5-10-19-20(11-14)28-13-27-19/h1-11H,12-13H2. The molecule has 0 atom stereocenters. The van der Waals surface area contributed by atoms with Gasteiger partial charge in [0.1, 0.15) is 0 Å². The number of nitrogens with zero attached hydrogens (tertiary/aromatic N) is 2. The zero-order valence-electron chi connectivity index (χ0n) is 15.2. The molecular weight excluding hydrogens is 408 g/mol. The molecule has 5 rings (SSSR count). The summed E-state index contributed by atoms with van der Waals surface area (Å²) in [4.78, 5) is 18.0. The lowest BCUT2D eigenvalue weighted by molar-refractivity contribution is 0.174. The SMILES string of the molecule is O=c1c2ccccc2nc(SCc2ccc3c(c2)OCO3)n1-c1ccc(Cl)cc1. The van der Waals surface area contributed by atoms with Crippen molar-refractivity contribution in [1.29, 1.82) is 0 Å². The van der Waals surface area contributed by atoms with Crippen molar-refractivity contribution in [2.75, 3.05) is 6.79 Å². The van der Waals surface area contributed by atoms with Gasteiger partial charge in [-0.1, -0.05) is 41.6 Å². The second kappa shape index (κ2) is 7.46. The van der Waals surface area contributed by atoms with Gasteiger partial charge in [-0.25, -0.2) is 4.98 Å². The van der Waals surface area contributed by atoms with Crippen LogP contribution in [0.4, 0.5) is 0 Å². The summed E-state index contributed by atoms with van der Waals surface area (Å²) in [5.74, 6) is 2.12. The van der Waals surface area contributed by atoms with Crippen LogP contribution in [-0.2, 0) is 5.75 Å². The van der Waals surface area contributed by atoms with Gasteiger partial charge in [0.2, 0.25) is 6.79 Å². The van der Waals surface area contributed by atoms with Crippen LogP contribution in [0.15, 0.2) is 76.7 Å². The van der Waals surface area contributed by atoms with Gasteiger partial charge in [0.05, 0.1) is 16.6 Å². The van der Waals surface area contributed by atoms with Crippen molar-refractivity contribution in [3.63, 3.8) is 0 Å². The Hall–Kier alpha value is -2.96. The number of halogens is 1. The summed E-state index contributed by atoms with van der Waals surface area (Å²) < 4.78 is 12.5. The molecule has 0 amide bonds. The molecule has 5 nitrogen and oxygen atoms in total. The van der Waals surface area contributed by atoms with E-state index in [4.69, 9.17) is 26.1 Å². The summed E-state index contributed by atoms with van der Waals surface area (Å²) in [6.07, 6.45) is 0. The molecule has 0 bridgehead atoms. The van der Waals surface area contributed by atoms with Gasteiger partial charge in [-0.3, -0.25) is 9.36 Å². The largest absolute Gasteiger partial charge is 0.454 e. The van der Waals surface area contributed by atoms with Gasteiger partial charge in [-0.05, 0) is 54.1 Å². The molecular formula is C22H15ClN2O3S. The Bertz CT molecular complexity index is 1270. The van der Waals surface area contributed by atoms with Crippen molar-refractivity contribution in [2.45, 2.75) is 10.9 Å². The van der Waals surface area contributed by atoms with Crippen molar-refractivity contribution in [3.05, 3.63) is 87.7 Å². The first-order chi connectivity index (χ1) is 14.2. The summed E-state index contributed by atoms with van der Waals surface area (Å²) in [7, 11) is 0. The van der Waals surface area contributed by atoms with Gasteiger partial charge < -0.3 is 9.47 Å². The fraction of sp³-hybridized carbons (Fsp3) is 0.0909. The Labute approximate surface area is 175 Å². The first-order valence-corrected chi connectivity index (χ1v) is 10.3.